The van der Waals surface area contributed by atoms with E-state index in [1.165, 1.54) is 19.2 Å². The topological polar surface area (TPSA) is 82.3 Å². The Bertz CT molecular complexity index is 1620. The molecule has 0 aliphatic rings. The van der Waals surface area contributed by atoms with Crippen molar-refractivity contribution in [2.24, 2.45) is 0 Å². The van der Waals surface area contributed by atoms with E-state index in [0.29, 0.717) is 21.6 Å². The second-order valence-electron chi connectivity index (χ2n) is 7.92. The number of aryl methyl sites for hydroxylation is 2. The highest BCUT2D eigenvalue weighted by Crippen LogP contribution is 2.31. The van der Waals surface area contributed by atoms with Gasteiger partial charge in [0.25, 0.3) is 5.56 Å². The first-order valence-corrected chi connectivity index (χ1v) is 11.7. The Labute approximate surface area is 211 Å². The number of fused-ring (bicyclic) bond motifs is 1. The molecule has 2 aromatic heterocycles. The van der Waals surface area contributed by atoms with Crippen molar-refractivity contribution in [2.75, 3.05) is 12.4 Å². The maximum Gasteiger partial charge on any atom is 0.416 e. The summed E-state index contributed by atoms with van der Waals surface area (Å²) in [6.07, 6.45) is -4.67. The predicted octanol–water partition coefficient (Wildman–Crippen LogP) is 5.15. The molecule has 0 aliphatic heterocycles. The van der Waals surface area contributed by atoms with E-state index >= 15 is 0 Å². The molecule has 0 unspecified atom stereocenters. The summed E-state index contributed by atoms with van der Waals surface area (Å²) in [7, 11) is 1.45. The van der Waals surface area contributed by atoms with Gasteiger partial charge in [-0.3, -0.25) is 14.2 Å². The number of hydrogen-bond donors (Lipinski definition) is 1. The van der Waals surface area contributed by atoms with Crippen LogP contribution in [0.3, 0.4) is 0 Å². The minimum Gasteiger partial charge on any atom is -0.495 e. The molecule has 188 valence electrons. The third kappa shape index (κ3) is 4.63. The normalized spacial score (nSPS) is 11.6. The smallest absolute Gasteiger partial charge is 0.416 e. The number of thiophene rings is 1. The summed E-state index contributed by atoms with van der Waals surface area (Å²) in [5, 5.41) is 3.05. The maximum atomic E-state index is 13.4. The zero-order valence-corrected chi connectivity index (χ0v) is 20.8. The van der Waals surface area contributed by atoms with Crippen molar-refractivity contribution >= 4 is 44.7 Å². The monoisotopic (exact) mass is 537 g/mol. The molecule has 0 aliphatic carbocycles. The molecule has 0 bridgehead atoms. The molecule has 2 aromatic carbocycles. The molecule has 0 atom stereocenters. The number of halogens is 4. The minimum absolute atomic E-state index is 0.162. The van der Waals surface area contributed by atoms with Gasteiger partial charge in [0.05, 0.1) is 28.8 Å². The number of nitrogens with one attached hydrogen (secondary N) is 1. The number of amides is 1. The van der Waals surface area contributed by atoms with E-state index in [9.17, 15) is 27.6 Å². The summed E-state index contributed by atoms with van der Waals surface area (Å²) in [5.74, 6) is -0.192. The molecule has 12 heteroatoms. The van der Waals surface area contributed by atoms with Crippen LogP contribution in [0.1, 0.15) is 16.0 Å². The van der Waals surface area contributed by atoms with E-state index < -0.39 is 35.4 Å². The standard InChI is InChI=1S/C24H19ClF3N3O4S/c1-12-13(2)36-22-20(12)21(33)31(16-6-4-5-14(9-16)24(26,27)28)23(34)30(22)11-19(32)29-15-7-8-18(35-3)17(25)10-15/h4-10H,11H2,1-3H3,(H,29,32). The van der Waals surface area contributed by atoms with Gasteiger partial charge in [-0.2, -0.15) is 13.2 Å². The number of ether oxygens (including phenoxy) is 1. The number of anilines is 1. The Kier molecular flexibility index (Phi) is 6.72. The molecule has 36 heavy (non-hydrogen) atoms. The van der Waals surface area contributed by atoms with E-state index in [-0.39, 0.29) is 20.9 Å². The fourth-order valence-electron chi connectivity index (χ4n) is 3.73. The Morgan fingerprint density at radius 2 is 1.86 bits per heavy atom. The molecular weight excluding hydrogens is 519 g/mol. The minimum atomic E-state index is -4.67. The van der Waals surface area contributed by atoms with Gasteiger partial charge in [-0.25, -0.2) is 9.36 Å². The SMILES string of the molecule is COc1ccc(NC(=O)Cn2c(=O)n(-c3cccc(C(F)(F)F)c3)c(=O)c3c(C)c(C)sc32)cc1Cl. The number of alkyl halides is 3. The maximum absolute atomic E-state index is 13.4. The number of methoxy groups -OCH3 is 1. The molecule has 0 radical (unpaired) electrons. The average Bonchev–Trinajstić information content (AvgIpc) is 3.11. The van der Waals surface area contributed by atoms with Crippen LogP contribution in [0.15, 0.2) is 52.1 Å². The Morgan fingerprint density at radius 3 is 2.50 bits per heavy atom. The Balaban J connectivity index is 1.84. The van der Waals surface area contributed by atoms with Gasteiger partial charge in [-0.15, -0.1) is 11.3 Å². The van der Waals surface area contributed by atoms with Crippen LogP contribution in [-0.4, -0.2) is 22.2 Å². The van der Waals surface area contributed by atoms with Crippen LogP contribution in [0.4, 0.5) is 18.9 Å². The molecule has 4 aromatic rings. The van der Waals surface area contributed by atoms with Crippen LogP contribution in [-0.2, 0) is 17.5 Å². The number of aromatic nitrogens is 2. The summed E-state index contributed by atoms with van der Waals surface area (Å²) in [6.45, 7) is 2.94. The highest BCUT2D eigenvalue weighted by atomic mass is 35.5. The summed E-state index contributed by atoms with van der Waals surface area (Å²) in [5.41, 5.74) is -2.02. The summed E-state index contributed by atoms with van der Waals surface area (Å²) in [6, 6.07) is 8.52. The third-order valence-corrected chi connectivity index (χ3v) is 7.15. The summed E-state index contributed by atoms with van der Waals surface area (Å²) in [4.78, 5) is 40.6. The number of carbonyl (C=O) groups is 1. The molecule has 0 spiro atoms. The van der Waals surface area contributed by atoms with Crippen molar-refractivity contribution in [3.63, 3.8) is 0 Å². The zero-order chi connectivity index (χ0) is 26.4. The van der Waals surface area contributed by atoms with Gasteiger partial charge in [0.2, 0.25) is 5.91 Å². The fraction of sp³-hybridized carbons (Fsp3) is 0.208. The van der Waals surface area contributed by atoms with Crippen LogP contribution >= 0.6 is 22.9 Å². The summed E-state index contributed by atoms with van der Waals surface area (Å²) < 4.78 is 46.7. The zero-order valence-electron chi connectivity index (χ0n) is 19.2. The third-order valence-electron chi connectivity index (χ3n) is 5.62. The van der Waals surface area contributed by atoms with E-state index in [1.807, 2.05) is 0 Å². The Hall–Kier alpha value is -3.57. The van der Waals surface area contributed by atoms with Crippen LogP contribution in [0, 0.1) is 13.8 Å². The quantitative estimate of drug-likeness (QED) is 0.382. The van der Waals surface area contributed by atoms with Gasteiger partial charge in [-0.05, 0) is 55.8 Å². The molecular formula is C24H19ClF3N3O4S. The molecule has 0 fully saturated rings. The van der Waals surface area contributed by atoms with Crippen molar-refractivity contribution in [2.45, 2.75) is 26.6 Å². The van der Waals surface area contributed by atoms with Crippen molar-refractivity contribution < 1.29 is 22.7 Å². The number of rotatable bonds is 5. The molecule has 1 N–H and O–H groups in total. The molecule has 0 saturated carbocycles. The van der Waals surface area contributed by atoms with Gasteiger partial charge in [0.1, 0.15) is 17.1 Å². The number of nitrogens with zero attached hydrogens (tertiary/aromatic N) is 2. The Morgan fingerprint density at radius 1 is 1.14 bits per heavy atom. The van der Waals surface area contributed by atoms with E-state index in [0.717, 1.165) is 39.0 Å². The number of hydrogen-bond acceptors (Lipinski definition) is 5. The van der Waals surface area contributed by atoms with Gasteiger partial charge in [0, 0.05) is 10.6 Å². The lowest BCUT2D eigenvalue weighted by molar-refractivity contribution is -0.137. The highest BCUT2D eigenvalue weighted by molar-refractivity contribution is 7.18. The summed E-state index contributed by atoms with van der Waals surface area (Å²) >= 11 is 7.25. The van der Waals surface area contributed by atoms with Crippen molar-refractivity contribution in [3.8, 4) is 11.4 Å². The molecule has 1 amide bonds. The van der Waals surface area contributed by atoms with Gasteiger partial charge in [-0.1, -0.05) is 17.7 Å². The number of carbonyl (C=O) groups excluding carboxylic acids is 1. The van der Waals surface area contributed by atoms with Gasteiger partial charge >= 0.3 is 11.9 Å². The van der Waals surface area contributed by atoms with Crippen LogP contribution < -0.4 is 21.3 Å². The van der Waals surface area contributed by atoms with Crippen molar-refractivity contribution in [3.05, 3.63) is 84.3 Å². The first-order valence-electron chi connectivity index (χ1n) is 10.5. The lowest BCUT2D eigenvalue weighted by atomic mass is 10.2. The first kappa shape index (κ1) is 25.5. The van der Waals surface area contributed by atoms with Crippen LogP contribution in [0.5, 0.6) is 5.75 Å². The van der Waals surface area contributed by atoms with E-state index in [2.05, 4.69) is 5.32 Å². The van der Waals surface area contributed by atoms with E-state index in [4.69, 9.17) is 16.3 Å². The first-order chi connectivity index (χ1) is 16.9. The largest absolute Gasteiger partial charge is 0.495 e. The van der Waals surface area contributed by atoms with E-state index in [1.54, 1.807) is 26.0 Å². The second-order valence-corrected chi connectivity index (χ2v) is 9.53. The number of benzene rings is 2. The second kappa shape index (κ2) is 9.47. The van der Waals surface area contributed by atoms with Crippen molar-refractivity contribution in [1.29, 1.82) is 0 Å². The van der Waals surface area contributed by atoms with Gasteiger partial charge < -0.3 is 10.1 Å². The molecule has 2 heterocycles. The van der Waals surface area contributed by atoms with Crippen LogP contribution in [0.2, 0.25) is 5.02 Å². The average molecular weight is 538 g/mol. The fourth-order valence-corrected chi connectivity index (χ4v) is 5.13. The highest BCUT2D eigenvalue weighted by Gasteiger charge is 2.31. The van der Waals surface area contributed by atoms with Gasteiger partial charge in [0.15, 0.2) is 0 Å². The van der Waals surface area contributed by atoms with Crippen LogP contribution in [0.25, 0.3) is 15.9 Å². The predicted molar refractivity (Wildman–Crippen MR) is 133 cm³/mol. The molecule has 4 rings (SSSR count). The van der Waals surface area contributed by atoms with Crippen molar-refractivity contribution in [1.82, 2.24) is 9.13 Å². The lowest BCUT2D eigenvalue weighted by Gasteiger charge is -2.14. The lowest BCUT2D eigenvalue weighted by Crippen LogP contribution is -2.40. The molecule has 0 saturated heterocycles. The molecule has 7 nitrogen and oxygen atoms in total.